The van der Waals surface area contributed by atoms with Gasteiger partial charge in [-0.2, -0.15) is 13.2 Å². The molecule has 0 unspecified atom stereocenters. The van der Waals surface area contributed by atoms with E-state index in [-0.39, 0.29) is 29.9 Å². The van der Waals surface area contributed by atoms with Crippen molar-refractivity contribution in [3.8, 4) is 5.75 Å². The average molecular weight is 423 g/mol. The third-order valence-electron chi connectivity index (χ3n) is 5.16. The SMILES string of the molecule is CC(=O)N1CCN(c2ncc(OCc3c(C)cccc3C(F)(F)F)cn2)C[C@@H]1CN. The van der Waals surface area contributed by atoms with Crippen LogP contribution in [0.4, 0.5) is 19.1 Å². The third-order valence-corrected chi connectivity index (χ3v) is 5.16. The molecule has 1 saturated heterocycles. The fraction of sp³-hybridized carbons (Fsp3) is 0.450. The number of carbonyl (C=O) groups excluding carboxylic acids is 1. The predicted octanol–water partition coefficient (Wildman–Crippen LogP) is 2.38. The molecule has 1 aromatic heterocycles. The van der Waals surface area contributed by atoms with Crippen LogP contribution in [-0.2, 0) is 17.6 Å². The second-order valence-corrected chi connectivity index (χ2v) is 7.15. The molecule has 1 fully saturated rings. The molecule has 0 saturated carbocycles. The number of amides is 1. The molecule has 0 radical (unpaired) electrons. The number of aromatic nitrogens is 2. The largest absolute Gasteiger partial charge is 0.486 e. The summed E-state index contributed by atoms with van der Waals surface area (Å²) in [7, 11) is 0. The fourth-order valence-electron chi connectivity index (χ4n) is 3.52. The topological polar surface area (TPSA) is 84.6 Å². The number of nitrogens with two attached hydrogens (primary N) is 1. The van der Waals surface area contributed by atoms with Crippen LogP contribution in [0.5, 0.6) is 5.75 Å². The standard InChI is InChI=1S/C20H24F3N5O2/c1-13-4-3-5-18(20(21,22)23)17(13)12-30-16-9-25-19(26-10-16)27-6-7-28(14(2)29)15(8-24)11-27/h3-5,9-10,15H,6-8,11-12,24H2,1-2H3/t15-/m0/s1. The predicted molar refractivity (Wildman–Crippen MR) is 105 cm³/mol. The summed E-state index contributed by atoms with van der Waals surface area (Å²) in [6.45, 7) is 4.81. The number of rotatable bonds is 5. The van der Waals surface area contributed by atoms with E-state index in [1.165, 1.54) is 25.4 Å². The Morgan fingerprint density at radius 2 is 1.97 bits per heavy atom. The molecule has 1 atom stereocenters. The first-order valence-corrected chi connectivity index (χ1v) is 9.53. The minimum absolute atomic E-state index is 0.0239. The Labute approximate surface area is 172 Å². The highest BCUT2D eigenvalue weighted by Gasteiger charge is 2.34. The van der Waals surface area contributed by atoms with Gasteiger partial charge in [0.1, 0.15) is 6.61 Å². The number of ether oxygens (including phenoxy) is 1. The van der Waals surface area contributed by atoms with E-state index in [0.717, 1.165) is 6.07 Å². The van der Waals surface area contributed by atoms with Gasteiger partial charge in [0.05, 0.1) is 24.0 Å². The van der Waals surface area contributed by atoms with Crippen LogP contribution in [0.15, 0.2) is 30.6 Å². The number of aryl methyl sites for hydroxylation is 1. The molecule has 7 nitrogen and oxygen atoms in total. The number of piperazine rings is 1. The van der Waals surface area contributed by atoms with Crippen LogP contribution in [0, 0.1) is 6.92 Å². The van der Waals surface area contributed by atoms with Gasteiger partial charge in [-0.05, 0) is 18.6 Å². The maximum atomic E-state index is 13.2. The molecular formula is C20H24F3N5O2. The number of halogens is 3. The molecule has 1 amide bonds. The quantitative estimate of drug-likeness (QED) is 0.795. The van der Waals surface area contributed by atoms with Gasteiger partial charge in [-0.25, -0.2) is 9.97 Å². The van der Waals surface area contributed by atoms with Crippen molar-refractivity contribution >= 4 is 11.9 Å². The van der Waals surface area contributed by atoms with Crippen LogP contribution in [0.2, 0.25) is 0 Å². The molecule has 0 spiro atoms. The molecule has 30 heavy (non-hydrogen) atoms. The van der Waals surface area contributed by atoms with Crippen molar-refractivity contribution in [1.82, 2.24) is 14.9 Å². The summed E-state index contributed by atoms with van der Waals surface area (Å²) in [5.74, 6) is 0.702. The van der Waals surface area contributed by atoms with Crippen LogP contribution in [0.3, 0.4) is 0 Å². The van der Waals surface area contributed by atoms with Crippen LogP contribution in [-0.4, -0.2) is 53.0 Å². The average Bonchev–Trinajstić information content (AvgIpc) is 2.71. The lowest BCUT2D eigenvalue weighted by Gasteiger charge is -2.40. The Morgan fingerprint density at radius 3 is 2.57 bits per heavy atom. The van der Waals surface area contributed by atoms with E-state index in [9.17, 15) is 18.0 Å². The van der Waals surface area contributed by atoms with Crippen molar-refractivity contribution in [2.45, 2.75) is 32.7 Å². The number of anilines is 1. The van der Waals surface area contributed by atoms with Crippen molar-refractivity contribution < 1.29 is 22.7 Å². The molecule has 1 aromatic carbocycles. The summed E-state index contributed by atoms with van der Waals surface area (Å²) in [5.41, 5.74) is 5.65. The molecule has 2 aromatic rings. The Balaban J connectivity index is 1.67. The Hall–Kier alpha value is -2.88. The number of hydrogen-bond acceptors (Lipinski definition) is 6. The molecule has 1 aliphatic heterocycles. The van der Waals surface area contributed by atoms with E-state index in [1.807, 2.05) is 4.90 Å². The first-order chi connectivity index (χ1) is 14.2. The first kappa shape index (κ1) is 21.8. The third kappa shape index (κ3) is 4.81. The first-order valence-electron chi connectivity index (χ1n) is 9.53. The van der Waals surface area contributed by atoms with Gasteiger partial charge in [0.2, 0.25) is 11.9 Å². The second-order valence-electron chi connectivity index (χ2n) is 7.15. The van der Waals surface area contributed by atoms with Gasteiger partial charge in [0.25, 0.3) is 0 Å². The van der Waals surface area contributed by atoms with Crippen LogP contribution in [0.25, 0.3) is 0 Å². The van der Waals surface area contributed by atoms with Gasteiger partial charge in [-0.3, -0.25) is 4.79 Å². The second kappa shape index (κ2) is 8.86. The van der Waals surface area contributed by atoms with Crippen LogP contribution in [0.1, 0.15) is 23.6 Å². The van der Waals surface area contributed by atoms with Gasteiger partial charge in [-0.1, -0.05) is 12.1 Å². The van der Waals surface area contributed by atoms with E-state index < -0.39 is 11.7 Å². The van der Waals surface area contributed by atoms with E-state index >= 15 is 0 Å². The number of carbonyl (C=O) groups is 1. The zero-order valence-corrected chi connectivity index (χ0v) is 16.8. The zero-order valence-electron chi connectivity index (χ0n) is 16.8. The Morgan fingerprint density at radius 1 is 1.27 bits per heavy atom. The van der Waals surface area contributed by atoms with Gasteiger partial charge >= 0.3 is 6.18 Å². The highest BCUT2D eigenvalue weighted by atomic mass is 19.4. The minimum atomic E-state index is -4.45. The van der Waals surface area contributed by atoms with Crippen LogP contribution >= 0.6 is 0 Å². The van der Waals surface area contributed by atoms with E-state index in [0.29, 0.717) is 37.7 Å². The molecule has 2 heterocycles. The molecular weight excluding hydrogens is 399 g/mol. The number of nitrogens with zero attached hydrogens (tertiary/aromatic N) is 4. The Kier molecular flexibility index (Phi) is 6.45. The lowest BCUT2D eigenvalue weighted by Crippen LogP contribution is -2.57. The van der Waals surface area contributed by atoms with Crippen molar-refractivity contribution in [1.29, 1.82) is 0 Å². The highest BCUT2D eigenvalue weighted by molar-refractivity contribution is 5.74. The summed E-state index contributed by atoms with van der Waals surface area (Å²) in [6, 6.07) is 3.90. The maximum absolute atomic E-state index is 13.2. The molecule has 162 valence electrons. The summed E-state index contributed by atoms with van der Waals surface area (Å²) in [5, 5.41) is 0. The van der Waals surface area contributed by atoms with E-state index in [2.05, 4.69) is 9.97 Å². The summed E-state index contributed by atoms with van der Waals surface area (Å²) in [6.07, 6.45) is -1.59. The van der Waals surface area contributed by atoms with Gasteiger partial charge in [0, 0.05) is 38.7 Å². The molecule has 3 rings (SSSR count). The van der Waals surface area contributed by atoms with Crippen LogP contribution < -0.4 is 15.4 Å². The maximum Gasteiger partial charge on any atom is 0.416 e. The molecule has 10 heteroatoms. The summed E-state index contributed by atoms with van der Waals surface area (Å²) >= 11 is 0. The zero-order chi connectivity index (χ0) is 21.9. The normalized spacial score (nSPS) is 17.2. The fourth-order valence-corrected chi connectivity index (χ4v) is 3.52. The van der Waals surface area contributed by atoms with Crippen molar-refractivity contribution in [3.05, 3.63) is 47.3 Å². The minimum Gasteiger partial charge on any atom is -0.486 e. The van der Waals surface area contributed by atoms with Gasteiger partial charge < -0.3 is 20.3 Å². The van der Waals surface area contributed by atoms with Crippen molar-refractivity contribution in [2.24, 2.45) is 5.73 Å². The molecule has 1 aliphatic rings. The number of benzene rings is 1. The Bertz CT molecular complexity index is 889. The van der Waals surface area contributed by atoms with Gasteiger partial charge in [-0.15, -0.1) is 0 Å². The van der Waals surface area contributed by atoms with Crippen molar-refractivity contribution in [2.75, 3.05) is 31.1 Å². The monoisotopic (exact) mass is 423 g/mol. The number of alkyl halides is 3. The lowest BCUT2D eigenvalue weighted by atomic mass is 10.0. The van der Waals surface area contributed by atoms with E-state index in [1.54, 1.807) is 17.9 Å². The lowest BCUT2D eigenvalue weighted by molar-refractivity contribution is -0.138. The van der Waals surface area contributed by atoms with Crippen molar-refractivity contribution in [3.63, 3.8) is 0 Å². The molecule has 0 aliphatic carbocycles. The summed E-state index contributed by atoms with van der Waals surface area (Å²) < 4.78 is 45.2. The smallest absolute Gasteiger partial charge is 0.416 e. The number of hydrogen-bond donors (Lipinski definition) is 1. The molecule has 0 bridgehead atoms. The summed E-state index contributed by atoms with van der Waals surface area (Å²) in [4.78, 5) is 23.9. The highest BCUT2D eigenvalue weighted by Crippen LogP contribution is 2.33. The van der Waals surface area contributed by atoms with E-state index in [4.69, 9.17) is 10.5 Å². The molecule has 2 N–H and O–H groups in total. The van der Waals surface area contributed by atoms with Gasteiger partial charge in [0.15, 0.2) is 5.75 Å².